The second-order valence-electron chi connectivity index (χ2n) is 6.50. The summed E-state index contributed by atoms with van der Waals surface area (Å²) in [6, 6.07) is 12.0. The molecule has 1 aromatic heterocycles. The van der Waals surface area contributed by atoms with Gasteiger partial charge >= 0.3 is 6.03 Å². The minimum Gasteiger partial charge on any atom is -0.331 e. The Morgan fingerprint density at radius 1 is 1.11 bits per heavy atom. The van der Waals surface area contributed by atoms with Gasteiger partial charge in [0.1, 0.15) is 11.6 Å². The second kappa shape index (κ2) is 7.19. The molecule has 0 saturated heterocycles. The number of fused-ring (bicyclic) bond motifs is 1. The van der Waals surface area contributed by atoms with Crippen molar-refractivity contribution in [3.05, 3.63) is 77.6 Å². The van der Waals surface area contributed by atoms with Crippen LogP contribution in [0.25, 0.3) is 5.69 Å². The third-order valence-electron chi connectivity index (χ3n) is 4.61. The molecular weight excluding hydrogens is 350 g/mol. The SMILES string of the molecule is O=C(Nc1ccccc1)N[C@@H]1CCCc2c1cnn2-c1cc(F)cc(F)c1. The van der Waals surface area contributed by atoms with E-state index in [2.05, 4.69) is 15.7 Å². The van der Waals surface area contributed by atoms with E-state index in [9.17, 15) is 13.6 Å². The maximum Gasteiger partial charge on any atom is 0.319 e. The van der Waals surface area contributed by atoms with Crippen LogP contribution in [0, 0.1) is 11.6 Å². The predicted octanol–water partition coefficient (Wildman–Crippen LogP) is 4.35. The summed E-state index contributed by atoms with van der Waals surface area (Å²) >= 11 is 0. The Morgan fingerprint density at radius 3 is 2.59 bits per heavy atom. The lowest BCUT2D eigenvalue weighted by atomic mass is 9.93. The molecule has 138 valence electrons. The first-order valence-electron chi connectivity index (χ1n) is 8.76. The molecule has 2 N–H and O–H groups in total. The zero-order valence-electron chi connectivity index (χ0n) is 14.5. The highest BCUT2D eigenvalue weighted by atomic mass is 19.1. The zero-order chi connectivity index (χ0) is 18.8. The number of hydrogen-bond donors (Lipinski definition) is 2. The third-order valence-corrected chi connectivity index (χ3v) is 4.61. The van der Waals surface area contributed by atoms with E-state index in [-0.39, 0.29) is 12.1 Å². The average Bonchev–Trinajstić information content (AvgIpc) is 3.07. The van der Waals surface area contributed by atoms with Crippen LogP contribution in [0.4, 0.5) is 19.3 Å². The summed E-state index contributed by atoms with van der Waals surface area (Å²) in [6.45, 7) is 0. The van der Waals surface area contributed by atoms with E-state index in [1.165, 1.54) is 12.1 Å². The van der Waals surface area contributed by atoms with Gasteiger partial charge in [0.25, 0.3) is 0 Å². The summed E-state index contributed by atoms with van der Waals surface area (Å²) in [6.07, 6.45) is 4.00. The van der Waals surface area contributed by atoms with Crippen molar-refractivity contribution in [2.45, 2.75) is 25.3 Å². The van der Waals surface area contributed by atoms with Crippen molar-refractivity contribution in [2.24, 2.45) is 0 Å². The lowest BCUT2D eigenvalue weighted by Crippen LogP contribution is -2.34. The lowest BCUT2D eigenvalue weighted by molar-refractivity contribution is 0.247. The molecule has 7 heteroatoms. The van der Waals surface area contributed by atoms with Crippen LogP contribution in [0.2, 0.25) is 0 Å². The molecular formula is C20H18F2N4O. The van der Waals surface area contributed by atoms with Crippen molar-refractivity contribution in [1.29, 1.82) is 0 Å². The fourth-order valence-corrected chi connectivity index (χ4v) is 3.44. The number of aromatic nitrogens is 2. The Morgan fingerprint density at radius 2 is 1.85 bits per heavy atom. The number of urea groups is 1. The predicted molar refractivity (Wildman–Crippen MR) is 97.8 cm³/mol. The van der Waals surface area contributed by atoms with Crippen LogP contribution in [-0.4, -0.2) is 15.8 Å². The van der Waals surface area contributed by atoms with E-state index in [0.717, 1.165) is 36.6 Å². The van der Waals surface area contributed by atoms with Gasteiger partial charge in [-0.15, -0.1) is 0 Å². The number of carbonyl (C=O) groups excluding carboxylic acids is 1. The Hall–Kier alpha value is -3.22. The van der Waals surface area contributed by atoms with Gasteiger partial charge in [0, 0.05) is 23.0 Å². The molecule has 1 heterocycles. The van der Waals surface area contributed by atoms with Crippen LogP contribution in [0.15, 0.2) is 54.7 Å². The molecule has 0 bridgehead atoms. The van der Waals surface area contributed by atoms with Gasteiger partial charge in [-0.05, 0) is 43.5 Å². The summed E-state index contributed by atoms with van der Waals surface area (Å²) in [5, 5.41) is 10.1. The number of halogens is 2. The van der Waals surface area contributed by atoms with E-state index < -0.39 is 11.6 Å². The monoisotopic (exact) mass is 368 g/mol. The normalized spacial score (nSPS) is 15.9. The molecule has 0 unspecified atom stereocenters. The van der Waals surface area contributed by atoms with Crippen molar-refractivity contribution in [1.82, 2.24) is 15.1 Å². The van der Waals surface area contributed by atoms with Crippen LogP contribution in [0.5, 0.6) is 0 Å². The maximum atomic E-state index is 13.6. The molecule has 0 fully saturated rings. The number of carbonyl (C=O) groups is 1. The number of nitrogens with zero attached hydrogens (tertiary/aromatic N) is 2. The quantitative estimate of drug-likeness (QED) is 0.722. The molecule has 0 aliphatic heterocycles. The van der Waals surface area contributed by atoms with Crippen LogP contribution >= 0.6 is 0 Å². The molecule has 4 rings (SSSR count). The van der Waals surface area contributed by atoms with Gasteiger partial charge < -0.3 is 10.6 Å². The van der Waals surface area contributed by atoms with Crippen LogP contribution in [0.3, 0.4) is 0 Å². The maximum absolute atomic E-state index is 13.6. The summed E-state index contributed by atoms with van der Waals surface area (Å²) in [5.41, 5.74) is 2.77. The average molecular weight is 368 g/mol. The first-order valence-corrected chi connectivity index (χ1v) is 8.76. The molecule has 2 amide bonds. The topological polar surface area (TPSA) is 59.0 Å². The molecule has 1 aliphatic carbocycles. The summed E-state index contributed by atoms with van der Waals surface area (Å²) < 4.78 is 28.7. The number of amides is 2. The molecule has 1 atom stereocenters. The molecule has 5 nitrogen and oxygen atoms in total. The Balaban J connectivity index is 1.56. The number of rotatable bonds is 3. The fourth-order valence-electron chi connectivity index (χ4n) is 3.44. The number of para-hydroxylation sites is 1. The number of benzene rings is 2. The standard InChI is InChI=1S/C20H18F2N4O/c21-13-9-14(22)11-16(10-13)26-19-8-4-7-18(17(19)12-23-26)25-20(27)24-15-5-2-1-3-6-15/h1-3,5-6,9-12,18H,4,7-8H2,(H2,24,25,27)/t18-/m1/s1. The second-order valence-corrected chi connectivity index (χ2v) is 6.50. The fraction of sp³-hybridized carbons (Fsp3) is 0.200. The van der Waals surface area contributed by atoms with Gasteiger partial charge in [-0.3, -0.25) is 0 Å². The van der Waals surface area contributed by atoms with Gasteiger partial charge in [0.05, 0.1) is 17.9 Å². The van der Waals surface area contributed by atoms with Gasteiger partial charge in [0.2, 0.25) is 0 Å². The Bertz CT molecular complexity index is 951. The van der Waals surface area contributed by atoms with E-state index >= 15 is 0 Å². The molecule has 1 aliphatic rings. The van der Waals surface area contributed by atoms with Crippen LogP contribution in [0.1, 0.15) is 30.1 Å². The van der Waals surface area contributed by atoms with Crippen molar-refractivity contribution < 1.29 is 13.6 Å². The van der Waals surface area contributed by atoms with E-state index in [1.54, 1.807) is 10.9 Å². The summed E-state index contributed by atoms with van der Waals surface area (Å²) in [5.74, 6) is -1.30. The van der Waals surface area contributed by atoms with E-state index in [4.69, 9.17) is 0 Å². The highest BCUT2D eigenvalue weighted by molar-refractivity contribution is 5.89. The highest BCUT2D eigenvalue weighted by Crippen LogP contribution is 2.31. The van der Waals surface area contributed by atoms with Crippen molar-refractivity contribution >= 4 is 11.7 Å². The molecule has 0 spiro atoms. The number of hydrogen-bond acceptors (Lipinski definition) is 2. The van der Waals surface area contributed by atoms with Crippen LogP contribution < -0.4 is 10.6 Å². The Labute approximate surface area is 155 Å². The van der Waals surface area contributed by atoms with Crippen molar-refractivity contribution in [3.8, 4) is 5.69 Å². The molecule has 2 aromatic carbocycles. The largest absolute Gasteiger partial charge is 0.331 e. The first-order chi connectivity index (χ1) is 13.1. The van der Waals surface area contributed by atoms with Crippen molar-refractivity contribution in [2.75, 3.05) is 5.32 Å². The summed E-state index contributed by atoms with van der Waals surface area (Å²) in [4.78, 5) is 12.3. The zero-order valence-corrected chi connectivity index (χ0v) is 14.5. The van der Waals surface area contributed by atoms with Gasteiger partial charge in [0.15, 0.2) is 0 Å². The van der Waals surface area contributed by atoms with Gasteiger partial charge in [-0.25, -0.2) is 18.3 Å². The lowest BCUT2D eigenvalue weighted by Gasteiger charge is -2.24. The number of anilines is 1. The molecule has 3 aromatic rings. The highest BCUT2D eigenvalue weighted by Gasteiger charge is 2.26. The minimum absolute atomic E-state index is 0.204. The van der Waals surface area contributed by atoms with E-state index in [1.807, 2.05) is 30.3 Å². The van der Waals surface area contributed by atoms with Gasteiger partial charge in [-0.2, -0.15) is 5.10 Å². The third kappa shape index (κ3) is 3.67. The Kier molecular flexibility index (Phi) is 4.58. The van der Waals surface area contributed by atoms with Crippen LogP contribution in [-0.2, 0) is 6.42 Å². The molecule has 0 radical (unpaired) electrons. The molecule has 27 heavy (non-hydrogen) atoms. The smallest absolute Gasteiger partial charge is 0.319 e. The molecule has 0 saturated carbocycles. The van der Waals surface area contributed by atoms with Gasteiger partial charge in [-0.1, -0.05) is 18.2 Å². The van der Waals surface area contributed by atoms with Crippen molar-refractivity contribution in [3.63, 3.8) is 0 Å². The first kappa shape index (κ1) is 17.2. The summed E-state index contributed by atoms with van der Waals surface area (Å²) in [7, 11) is 0. The van der Waals surface area contributed by atoms with E-state index in [0.29, 0.717) is 11.4 Å². The number of nitrogens with one attached hydrogen (secondary N) is 2. The minimum atomic E-state index is -0.651.